The first kappa shape index (κ1) is 93.1. The molecule has 2 aromatic rings. The van der Waals surface area contributed by atoms with E-state index in [1.54, 1.807) is 0 Å². The normalized spacial score (nSPS) is 20.7. The molecule has 10 rings (SSSR count). The minimum Gasteiger partial charge on any atom is -0.369 e. The molecule has 0 N–H and O–H groups in total. The van der Waals surface area contributed by atoms with Gasteiger partial charge in [-0.3, -0.25) is 9.80 Å². The van der Waals surface area contributed by atoms with Gasteiger partial charge in [0.1, 0.15) is 0 Å². The van der Waals surface area contributed by atoms with Gasteiger partial charge in [-0.15, -0.1) is 0 Å². The fraction of sp³-hybridized carbons (Fsp3) is 0.852. The molecule has 0 spiro atoms. The van der Waals surface area contributed by atoms with Gasteiger partial charge in [-0.2, -0.15) is 0 Å². The van der Waals surface area contributed by atoms with Crippen LogP contribution in [0.2, 0.25) is 0 Å². The zero-order valence-electron chi connectivity index (χ0n) is 60.5. The van der Waals surface area contributed by atoms with Crippen LogP contribution in [-0.2, 0) is 0 Å². The van der Waals surface area contributed by atoms with Crippen LogP contribution >= 0.6 is 0 Å². The van der Waals surface area contributed by atoms with Gasteiger partial charge in [0.25, 0.3) is 0 Å². The molecule has 0 amide bonds. The molecule has 0 saturated carbocycles. The van der Waals surface area contributed by atoms with E-state index in [2.05, 4.69) is 234 Å². The third kappa shape index (κ3) is 40.9. The summed E-state index contributed by atoms with van der Waals surface area (Å²) in [5, 5.41) is 0. The molecule has 8 aliphatic rings. The third-order valence-electron chi connectivity index (χ3n) is 20.0. The maximum absolute atomic E-state index is 2.59. The second kappa shape index (κ2) is 54.9. The molecule has 0 aliphatic carbocycles. The Balaban J connectivity index is -0.000000974. The van der Waals surface area contributed by atoms with Crippen LogP contribution in [0, 0.1) is 5.92 Å². The monoisotopic (exact) mass is 1280 g/mol. The topological polar surface area (TPSA) is 32.4 Å². The largest absolute Gasteiger partial charge is 0.369 e. The van der Waals surface area contributed by atoms with Crippen molar-refractivity contribution in [2.24, 2.45) is 5.92 Å². The van der Waals surface area contributed by atoms with Crippen molar-refractivity contribution < 1.29 is 0 Å². The van der Waals surface area contributed by atoms with Gasteiger partial charge in [-0.25, -0.2) is 0 Å². The zero-order valence-corrected chi connectivity index (χ0v) is 60.5. The van der Waals surface area contributed by atoms with Crippen LogP contribution in [0.3, 0.4) is 0 Å². The van der Waals surface area contributed by atoms with E-state index in [1.807, 2.05) is 0 Å². The smallest absolute Gasteiger partial charge is 0.0367 e. The van der Waals surface area contributed by atoms with E-state index in [1.165, 1.54) is 232 Å². The number of nitrogens with zero attached hydrogens (tertiary/aromatic N) is 10. The number of rotatable bonds is 10. The van der Waals surface area contributed by atoms with Gasteiger partial charge in [0, 0.05) is 106 Å². The van der Waals surface area contributed by atoms with Crippen molar-refractivity contribution in [1.82, 2.24) is 44.1 Å². The van der Waals surface area contributed by atoms with Gasteiger partial charge >= 0.3 is 0 Å². The number of piperazine rings is 2. The Labute approximate surface area is 573 Å². The molecule has 91 heavy (non-hydrogen) atoms. The fourth-order valence-electron chi connectivity index (χ4n) is 13.2. The Morgan fingerprint density at radius 1 is 0.264 bits per heavy atom. The quantitative estimate of drug-likeness (QED) is 0.229. The first-order chi connectivity index (χ1) is 41.2. The van der Waals surface area contributed by atoms with E-state index in [-0.39, 0.29) is 37.1 Å². The highest BCUT2D eigenvalue weighted by Crippen LogP contribution is 2.28. The van der Waals surface area contributed by atoms with Gasteiger partial charge < -0.3 is 39.2 Å². The van der Waals surface area contributed by atoms with Gasteiger partial charge in [0.15, 0.2) is 0 Å². The summed E-state index contributed by atoms with van der Waals surface area (Å²) in [5.74, 6) is 1.76. The summed E-state index contributed by atoms with van der Waals surface area (Å²) in [7, 11) is 2.19. The van der Waals surface area contributed by atoms with Crippen molar-refractivity contribution in [3.8, 4) is 0 Å². The number of hydrogen-bond donors (Lipinski definition) is 0. The number of benzene rings is 2. The molecule has 8 aliphatic heterocycles. The fourth-order valence-corrected chi connectivity index (χ4v) is 13.2. The minimum absolute atomic E-state index is 0. The number of anilines is 1. The molecule has 0 unspecified atom stereocenters. The molecule has 0 aromatic heterocycles. The Kier molecular flexibility index (Phi) is 56.2. The first-order valence-corrected chi connectivity index (χ1v) is 36.6. The molecule has 8 heterocycles. The number of piperidine rings is 4. The van der Waals surface area contributed by atoms with E-state index in [9.17, 15) is 0 Å². The second-order valence-corrected chi connectivity index (χ2v) is 29.3. The molecular formula is C81H166N10. The average Bonchev–Trinajstić information content (AvgIpc) is 2.18. The number of likely N-dealkylation sites (N-methyl/N-ethyl adjacent to an activating group) is 1. The third-order valence-corrected chi connectivity index (χ3v) is 20.0. The molecule has 2 aromatic carbocycles. The first-order valence-electron chi connectivity index (χ1n) is 36.6. The van der Waals surface area contributed by atoms with E-state index >= 15 is 0 Å². The lowest BCUT2D eigenvalue weighted by atomic mass is 9.89. The van der Waals surface area contributed by atoms with E-state index in [4.69, 9.17) is 0 Å². The van der Waals surface area contributed by atoms with E-state index in [0.717, 1.165) is 61.2 Å². The van der Waals surface area contributed by atoms with Crippen molar-refractivity contribution in [1.29, 1.82) is 0 Å². The lowest BCUT2D eigenvalue weighted by molar-refractivity contribution is 0.126. The summed E-state index contributed by atoms with van der Waals surface area (Å²) in [6.07, 6.45) is 22.6. The Morgan fingerprint density at radius 2 is 0.495 bits per heavy atom. The predicted octanol–water partition coefficient (Wildman–Crippen LogP) is 19.0. The van der Waals surface area contributed by atoms with Crippen LogP contribution in [0.15, 0.2) is 60.7 Å². The summed E-state index contributed by atoms with van der Waals surface area (Å²) in [5.41, 5.74) is 2.89. The maximum Gasteiger partial charge on any atom is 0.0367 e. The van der Waals surface area contributed by atoms with Crippen molar-refractivity contribution >= 4 is 5.69 Å². The summed E-state index contributed by atoms with van der Waals surface area (Å²) in [6, 6.07) is 27.6. The highest BCUT2D eigenvalue weighted by Gasteiger charge is 2.23. The molecule has 8 fully saturated rings. The van der Waals surface area contributed by atoms with Gasteiger partial charge in [-0.1, -0.05) is 118 Å². The standard InChI is InChI=1S/C14H21N.C13H20N2.2C9H19N.C8H18N2.2C8H17N.C7H15N.5CH4/c1-12(2)15-10-8-14(9-11-15)13-6-4-3-5-7-13;1-12(2)14-8-10-15(11-9-14)13-6-4-3-5-7-13;1-8(2)10-6-4-9(3)5-7-10;1-9(2)10-7-5-3-4-6-8-10;1-8(2)10-6-4-9(3)5-7-10;2*1-8(2)9-6-4-3-5-7-9;1-7(2)8-5-3-4-6-8;;;;;/h3-7,12,14H,8-11H2,1-2H3;3-7,12H,8-11H2,1-2H3;8-9H,4-7H2,1-3H3;9H,3-8H2,1-2H3;8H,4-7H2,1-3H3;2*8H,3-7H2,1-2H3;7H,3-6H2,1-2H3;5*1H4. The van der Waals surface area contributed by atoms with Crippen LogP contribution in [0.4, 0.5) is 5.69 Å². The molecule has 540 valence electrons. The lowest BCUT2D eigenvalue weighted by Crippen LogP contribution is -2.48. The molecule has 0 bridgehead atoms. The Bertz CT molecular complexity index is 1690. The molecule has 8 saturated heterocycles. The number of likely N-dealkylation sites (tertiary alicyclic amines) is 6. The summed E-state index contributed by atoms with van der Waals surface area (Å²) in [6.45, 7) is 64.3. The van der Waals surface area contributed by atoms with Crippen molar-refractivity contribution in [3.63, 3.8) is 0 Å². The van der Waals surface area contributed by atoms with E-state index < -0.39 is 0 Å². The Morgan fingerprint density at radius 3 is 0.791 bits per heavy atom. The number of hydrogen-bond acceptors (Lipinski definition) is 10. The minimum atomic E-state index is 0. The molecular weight excluding hydrogens is 1110 g/mol. The van der Waals surface area contributed by atoms with Gasteiger partial charge in [0.2, 0.25) is 0 Å². The molecule has 10 nitrogen and oxygen atoms in total. The van der Waals surface area contributed by atoms with Crippen LogP contribution in [-0.4, -0.2) is 230 Å². The average molecular weight is 1280 g/mol. The lowest BCUT2D eigenvalue weighted by Gasteiger charge is -2.38. The predicted molar refractivity (Wildman–Crippen MR) is 416 cm³/mol. The number of para-hydroxylation sites is 1. The SMILES string of the molecule is C.C.C.C.C.CC(C)N1CCC(c2ccccc2)CC1.CC(C)N1CCCC1.CC(C)N1CCCCC1.CC(C)N1CCCCC1.CC(C)N1CCCCCC1.CC(C)N1CCN(C)CC1.CC(C)N1CCN(c2ccccc2)CC1.CC1CCN(C(C)C)CC1. The zero-order chi connectivity index (χ0) is 63.2. The molecule has 10 heteroatoms. The van der Waals surface area contributed by atoms with Gasteiger partial charge in [0.05, 0.1) is 0 Å². The molecule has 0 atom stereocenters. The van der Waals surface area contributed by atoms with Crippen LogP contribution in [0.1, 0.15) is 269 Å². The summed E-state index contributed by atoms with van der Waals surface area (Å²) < 4.78 is 0. The highest BCUT2D eigenvalue weighted by atomic mass is 15.3. The summed E-state index contributed by atoms with van der Waals surface area (Å²) >= 11 is 0. The van der Waals surface area contributed by atoms with E-state index in [0.29, 0.717) is 12.1 Å². The maximum atomic E-state index is 2.59. The van der Waals surface area contributed by atoms with Crippen molar-refractivity contribution in [2.45, 2.75) is 312 Å². The summed E-state index contributed by atoms with van der Waals surface area (Å²) in [4.78, 5) is 25.3. The second-order valence-electron chi connectivity index (χ2n) is 29.3. The van der Waals surface area contributed by atoms with Crippen LogP contribution < -0.4 is 4.90 Å². The Hall–Kier alpha value is -2.12. The van der Waals surface area contributed by atoms with Crippen molar-refractivity contribution in [3.05, 3.63) is 66.2 Å². The van der Waals surface area contributed by atoms with Crippen LogP contribution in [0.5, 0.6) is 0 Å². The van der Waals surface area contributed by atoms with Crippen LogP contribution in [0.25, 0.3) is 0 Å². The highest BCUT2D eigenvalue weighted by molar-refractivity contribution is 5.46. The molecule has 0 radical (unpaired) electrons. The van der Waals surface area contributed by atoms with Gasteiger partial charge in [-0.05, 0) is 303 Å². The van der Waals surface area contributed by atoms with Crippen molar-refractivity contribution in [2.75, 3.05) is 143 Å².